The highest BCUT2D eigenvalue weighted by molar-refractivity contribution is 7.87. The Morgan fingerprint density at radius 2 is 1.25 bits per heavy atom. The molecule has 2 atom stereocenters. The van der Waals surface area contributed by atoms with Gasteiger partial charge < -0.3 is 53.2 Å². The van der Waals surface area contributed by atoms with E-state index in [2.05, 4.69) is 16.3 Å². The van der Waals surface area contributed by atoms with Crippen molar-refractivity contribution in [1.82, 2.24) is 0 Å². The molecule has 0 fully saturated rings. The third-order valence-electron chi connectivity index (χ3n) is 13.2. The number of carbonyl (C=O) groups is 2. The number of para-hydroxylation sites is 2. The number of carbonyl (C=O) groups excluding carboxylic acids is 2. The molecular formula is C53H61N5O12S2. The molecule has 0 aliphatic carbocycles. The summed E-state index contributed by atoms with van der Waals surface area (Å²) in [7, 11) is -0.238. The number of anilines is 5. The molecule has 0 bridgehead atoms. The first-order valence-corrected chi connectivity index (χ1v) is 25.7. The molecule has 2 amide bonds. The predicted molar refractivity (Wildman–Crippen MR) is 279 cm³/mol. The Bertz CT molecular complexity index is 2930. The summed E-state index contributed by atoms with van der Waals surface area (Å²) in [6.45, 7) is 7.74. The number of amides is 2. The van der Waals surface area contributed by atoms with E-state index in [0.29, 0.717) is 87.5 Å². The highest BCUT2D eigenvalue weighted by atomic mass is 32.2. The van der Waals surface area contributed by atoms with Crippen molar-refractivity contribution >= 4 is 63.2 Å². The van der Waals surface area contributed by atoms with Crippen LogP contribution in [0.1, 0.15) is 56.8 Å². The molecule has 4 heterocycles. The van der Waals surface area contributed by atoms with Gasteiger partial charge in [0, 0.05) is 60.7 Å². The number of nitrogens with one attached hydrogen (secondary N) is 1. The Hall–Kier alpha value is -6.22. The lowest BCUT2D eigenvalue weighted by molar-refractivity contribution is 0.0264. The lowest BCUT2D eigenvalue weighted by Gasteiger charge is -2.32. The second-order valence-electron chi connectivity index (χ2n) is 18.8. The number of benzene rings is 5. The smallest absolute Gasteiger partial charge is 0.360 e. The number of rotatable bonds is 21. The van der Waals surface area contributed by atoms with Gasteiger partial charge in [0.2, 0.25) is 0 Å². The predicted octanol–water partition coefficient (Wildman–Crippen LogP) is 7.25. The van der Waals surface area contributed by atoms with Crippen LogP contribution >= 0.6 is 12.6 Å². The van der Waals surface area contributed by atoms with Crippen molar-refractivity contribution in [2.75, 3.05) is 105 Å². The van der Waals surface area contributed by atoms with Crippen LogP contribution in [0.3, 0.4) is 0 Å². The standard InChI is InChI=1S/C53H61N5O12S2/c1-53(2,71)33-55(14-15-67-18-19-68-17-16-64-3)38-21-34(31-69-49-27-43-41(25-47(49)65-4)51(59)57-39(29-54-43)23-36-10-6-8-12-44(36)57)20-35(22-38)32-70-50-28-46-42(26-48(50)66-5)52(60)58-40(30-56(46)72(61,62)63)24-37-11-7-9-13-45(37)58/h6-13,20-22,25-28,39-40,54,71H,14-19,23-24,29-33H2,1-5H3,(H,61,62,63)/t39-,40-/m0/s1. The number of hydrogen-bond acceptors (Lipinski definition) is 14. The van der Waals surface area contributed by atoms with Crippen molar-refractivity contribution in [3.8, 4) is 23.0 Å². The van der Waals surface area contributed by atoms with Crippen LogP contribution in [-0.2, 0) is 50.6 Å². The number of methoxy groups -OCH3 is 3. The van der Waals surface area contributed by atoms with Crippen molar-refractivity contribution in [3.63, 3.8) is 0 Å². The summed E-state index contributed by atoms with van der Waals surface area (Å²) in [5.74, 6) is 0.636. The van der Waals surface area contributed by atoms with E-state index in [0.717, 1.165) is 44.4 Å². The van der Waals surface area contributed by atoms with Crippen LogP contribution in [0.15, 0.2) is 91.0 Å². The maximum Gasteiger partial charge on any atom is 0.360 e. The average molecular weight is 1020 g/mol. The molecule has 382 valence electrons. The number of hydrogen-bond donors (Lipinski definition) is 3. The Labute approximate surface area is 426 Å². The molecule has 0 aromatic heterocycles. The van der Waals surface area contributed by atoms with Crippen molar-refractivity contribution in [3.05, 3.63) is 124 Å². The van der Waals surface area contributed by atoms with Gasteiger partial charge in [0.05, 0.1) is 88.4 Å². The van der Waals surface area contributed by atoms with Gasteiger partial charge in [0.25, 0.3) is 11.8 Å². The quantitative estimate of drug-likeness (QED) is 0.0381. The van der Waals surface area contributed by atoms with E-state index in [1.165, 1.54) is 19.2 Å². The first-order chi connectivity index (χ1) is 34.6. The fourth-order valence-corrected chi connectivity index (χ4v) is 10.9. The third kappa shape index (κ3) is 10.9. The fourth-order valence-electron chi connectivity index (χ4n) is 9.95. The Morgan fingerprint density at radius 1 is 0.694 bits per heavy atom. The average Bonchev–Trinajstić information content (AvgIpc) is 3.85. The summed E-state index contributed by atoms with van der Waals surface area (Å²) in [5.41, 5.74) is 7.09. The molecule has 19 heteroatoms. The maximum atomic E-state index is 14.4. The van der Waals surface area contributed by atoms with Crippen LogP contribution in [-0.4, -0.2) is 122 Å². The molecule has 17 nitrogen and oxygen atoms in total. The Balaban J connectivity index is 1.02. The van der Waals surface area contributed by atoms with Gasteiger partial charge in [-0.3, -0.25) is 14.1 Å². The summed E-state index contributed by atoms with van der Waals surface area (Å²) >= 11 is 4.92. The van der Waals surface area contributed by atoms with E-state index in [9.17, 15) is 22.6 Å². The zero-order chi connectivity index (χ0) is 50.7. The Morgan fingerprint density at radius 3 is 1.86 bits per heavy atom. The SMILES string of the molecule is COCCOCCOCCN(CC(C)(C)S)c1cc(COc2cc3c(cc2OC)C(=O)N2c4ccccc4C[C@H]2CN3)cc(COc2cc3c(cc2OC)C(=O)N2c4ccccc4C[C@H]2CN3S(=O)(=O)O)c1. The molecule has 72 heavy (non-hydrogen) atoms. The minimum atomic E-state index is -4.85. The van der Waals surface area contributed by atoms with Crippen molar-refractivity contribution in [2.24, 2.45) is 0 Å². The van der Waals surface area contributed by atoms with Gasteiger partial charge in [-0.1, -0.05) is 36.4 Å². The number of ether oxygens (including phenoxy) is 7. The van der Waals surface area contributed by atoms with E-state index >= 15 is 0 Å². The Kier molecular flexibility index (Phi) is 15.1. The van der Waals surface area contributed by atoms with Crippen LogP contribution in [0.5, 0.6) is 23.0 Å². The number of fused-ring (bicyclic) bond motifs is 8. The molecule has 9 rings (SSSR count). The minimum Gasteiger partial charge on any atom is -0.493 e. The van der Waals surface area contributed by atoms with Gasteiger partial charge in [0.15, 0.2) is 23.0 Å². The van der Waals surface area contributed by atoms with Crippen LogP contribution in [0.25, 0.3) is 0 Å². The summed E-state index contributed by atoms with van der Waals surface area (Å²) in [6, 6.07) is 27.2. The second-order valence-corrected chi connectivity index (χ2v) is 21.4. The molecule has 2 N–H and O–H groups in total. The fraction of sp³-hybridized carbons (Fsp3) is 0.396. The minimum absolute atomic E-state index is 0.0274. The summed E-state index contributed by atoms with van der Waals surface area (Å²) in [6.07, 6.45) is 1.16. The molecular weight excluding hydrogens is 963 g/mol. The largest absolute Gasteiger partial charge is 0.493 e. The van der Waals surface area contributed by atoms with Crippen LogP contribution < -0.4 is 43.3 Å². The lowest BCUT2D eigenvalue weighted by Crippen LogP contribution is -2.43. The maximum absolute atomic E-state index is 14.4. The van der Waals surface area contributed by atoms with Gasteiger partial charge in [-0.25, -0.2) is 4.31 Å². The zero-order valence-electron chi connectivity index (χ0n) is 41.1. The molecule has 0 radical (unpaired) electrons. The molecule has 4 aliphatic heterocycles. The highest BCUT2D eigenvalue weighted by Crippen LogP contribution is 2.44. The molecule has 0 saturated heterocycles. The van der Waals surface area contributed by atoms with Gasteiger partial charge in [-0.05, 0) is 91.4 Å². The van der Waals surface area contributed by atoms with E-state index in [1.807, 2.05) is 85.5 Å². The molecule has 5 aromatic rings. The van der Waals surface area contributed by atoms with Gasteiger partial charge in [-0.2, -0.15) is 21.0 Å². The van der Waals surface area contributed by atoms with E-state index in [4.69, 9.17) is 45.8 Å². The first-order valence-electron chi connectivity index (χ1n) is 23.9. The number of nitrogens with zero attached hydrogens (tertiary/aromatic N) is 4. The summed E-state index contributed by atoms with van der Waals surface area (Å²) in [4.78, 5) is 34.2. The normalized spacial score (nSPS) is 16.9. The molecule has 4 aliphatic rings. The topological polar surface area (TPSA) is 178 Å². The van der Waals surface area contributed by atoms with E-state index in [1.54, 1.807) is 25.2 Å². The summed E-state index contributed by atoms with van der Waals surface area (Å²) < 4.78 is 78.7. The monoisotopic (exact) mass is 1020 g/mol. The van der Waals surface area contributed by atoms with E-state index < -0.39 is 27.0 Å². The highest BCUT2D eigenvalue weighted by Gasteiger charge is 2.43. The molecule has 0 spiro atoms. The van der Waals surface area contributed by atoms with Crippen molar-refractivity contribution in [1.29, 1.82) is 0 Å². The molecule has 0 unspecified atom stereocenters. The van der Waals surface area contributed by atoms with Gasteiger partial charge >= 0.3 is 10.3 Å². The summed E-state index contributed by atoms with van der Waals surface area (Å²) in [5, 5.41) is 3.50. The van der Waals surface area contributed by atoms with Crippen LogP contribution in [0.2, 0.25) is 0 Å². The van der Waals surface area contributed by atoms with Gasteiger partial charge in [0.1, 0.15) is 13.2 Å². The van der Waals surface area contributed by atoms with Crippen LogP contribution in [0.4, 0.5) is 28.4 Å². The number of thiol groups is 1. The first kappa shape index (κ1) is 50.7. The van der Waals surface area contributed by atoms with Crippen molar-refractivity contribution < 1.29 is 55.7 Å². The lowest BCUT2D eigenvalue weighted by atomic mass is 10.1. The third-order valence-corrected chi connectivity index (χ3v) is 14.2. The van der Waals surface area contributed by atoms with Crippen molar-refractivity contribution in [2.45, 2.75) is 56.7 Å². The zero-order valence-corrected chi connectivity index (χ0v) is 42.8. The second kappa shape index (κ2) is 21.5. The molecule has 0 saturated carbocycles. The molecule has 5 aromatic carbocycles. The van der Waals surface area contributed by atoms with E-state index in [-0.39, 0.29) is 54.5 Å². The van der Waals surface area contributed by atoms with Gasteiger partial charge in [-0.15, -0.1) is 0 Å². The van der Waals surface area contributed by atoms with Crippen LogP contribution in [0, 0.1) is 0 Å².